The number of nitro groups is 1. The van der Waals surface area contributed by atoms with Crippen molar-refractivity contribution < 1.29 is 27.6 Å². The molecule has 12 heteroatoms. The second-order valence-electron chi connectivity index (χ2n) is 10.3. The summed E-state index contributed by atoms with van der Waals surface area (Å²) >= 11 is 0. The van der Waals surface area contributed by atoms with E-state index >= 15 is 0 Å². The molecule has 1 N–H and O–H groups in total. The second-order valence-corrected chi connectivity index (χ2v) is 10.3. The molecule has 9 nitrogen and oxygen atoms in total. The van der Waals surface area contributed by atoms with Gasteiger partial charge in [-0.2, -0.15) is 13.2 Å². The molecular weight excluding hydrogens is 527 g/mol. The van der Waals surface area contributed by atoms with Crippen LogP contribution in [0.1, 0.15) is 38.2 Å². The van der Waals surface area contributed by atoms with Gasteiger partial charge in [-0.05, 0) is 74.9 Å². The van der Waals surface area contributed by atoms with Crippen LogP contribution in [0.4, 0.5) is 35.0 Å². The van der Waals surface area contributed by atoms with E-state index in [2.05, 4.69) is 22.3 Å². The van der Waals surface area contributed by atoms with Crippen LogP contribution in [0.15, 0.2) is 42.5 Å². The number of anilines is 2. The lowest BCUT2D eigenvalue weighted by atomic mass is 9.96. The van der Waals surface area contributed by atoms with Crippen LogP contribution < -0.4 is 19.9 Å². The molecular formula is C28H36F3N5O4. The smallest absolute Gasteiger partial charge is 0.423 e. The molecule has 2 fully saturated rings. The standard InChI is InChI=1S/C28H36F3N5O4/c1-3-40-24-7-4-22(5-8-24)34-14-10-20(11-15-34)19-32-27(37)35-16-12-21(13-17-35)33(2)23-6-9-26(36(38)39)25(18-23)28(29,30)31/h4-9,18,20-21H,3,10-17,19H2,1-2H3,(H,32,37). The van der Waals surface area contributed by atoms with E-state index in [1.54, 1.807) is 16.8 Å². The van der Waals surface area contributed by atoms with Crippen molar-refractivity contribution in [3.05, 3.63) is 58.1 Å². The van der Waals surface area contributed by atoms with Crippen LogP contribution >= 0.6 is 0 Å². The van der Waals surface area contributed by atoms with E-state index in [0.29, 0.717) is 45.0 Å². The van der Waals surface area contributed by atoms with Crippen molar-refractivity contribution in [1.29, 1.82) is 0 Å². The maximum Gasteiger partial charge on any atom is 0.423 e. The molecule has 2 aliphatic heterocycles. The highest BCUT2D eigenvalue weighted by molar-refractivity contribution is 5.74. The van der Waals surface area contributed by atoms with Gasteiger partial charge in [0.05, 0.1) is 11.5 Å². The number of alkyl halides is 3. The molecule has 0 aromatic heterocycles. The molecule has 0 aliphatic carbocycles. The maximum atomic E-state index is 13.4. The summed E-state index contributed by atoms with van der Waals surface area (Å²) in [6, 6.07) is 11.0. The number of likely N-dealkylation sites (tertiary alicyclic amines) is 1. The minimum absolute atomic E-state index is 0.0847. The van der Waals surface area contributed by atoms with Gasteiger partial charge in [-0.15, -0.1) is 0 Å². The highest BCUT2D eigenvalue weighted by Gasteiger charge is 2.39. The summed E-state index contributed by atoms with van der Waals surface area (Å²) in [6.45, 7) is 6.02. The first-order chi connectivity index (χ1) is 19.1. The van der Waals surface area contributed by atoms with E-state index in [4.69, 9.17) is 4.74 Å². The first-order valence-electron chi connectivity index (χ1n) is 13.7. The van der Waals surface area contributed by atoms with E-state index < -0.39 is 22.4 Å². The quantitative estimate of drug-likeness (QED) is 0.335. The molecule has 2 heterocycles. The van der Waals surface area contributed by atoms with Gasteiger partial charge in [0.25, 0.3) is 5.69 Å². The summed E-state index contributed by atoms with van der Waals surface area (Å²) in [6.07, 6.45) is -1.69. The Hall–Kier alpha value is -3.70. The molecule has 218 valence electrons. The number of nitrogens with one attached hydrogen (secondary N) is 1. The van der Waals surface area contributed by atoms with Gasteiger partial charge in [0.1, 0.15) is 11.3 Å². The van der Waals surface area contributed by atoms with Crippen molar-refractivity contribution in [3.8, 4) is 5.75 Å². The van der Waals surface area contributed by atoms with Crippen molar-refractivity contribution in [2.24, 2.45) is 5.92 Å². The molecule has 2 amide bonds. The number of nitrogens with zero attached hydrogens (tertiary/aromatic N) is 4. The molecule has 40 heavy (non-hydrogen) atoms. The number of hydrogen-bond acceptors (Lipinski definition) is 6. The molecule has 4 rings (SSSR count). The number of carbonyl (C=O) groups is 1. The fraction of sp³-hybridized carbons (Fsp3) is 0.536. The first-order valence-corrected chi connectivity index (χ1v) is 13.7. The van der Waals surface area contributed by atoms with Crippen molar-refractivity contribution in [3.63, 3.8) is 0 Å². The van der Waals surface area contributed by atoms with Crippen LogP contribution in [0.5, 0.6) is 5.75 Å². The zero-order valence-corrected chi connectivity index (χ0v) is 22.8. The largest absolute Gasteiger partial charge is 0.494 e. The Morgan fingerprint density at radius 3 is 2.30 bits per heavy atom. The number of halogens is 3. The van der Waals surface area contributed by atoms with E-state index in [0.717, 1.165) is 43.8 Å². The normalized spacial score (nSPS) is 17.0. The number of rotatable bonds is 8. The van der Waals surface area contributed by atoms with Crippen LogP contribution in [0.2, 0.25) is 0 Å². The molecule has 2 saturated heterocycles. The third-order valence-electron chi connectivity index (χ3n) is 7.86. The Morgan fingerprint density at radius 1 is 1.07 bits per heavy atom. The minimum Gasteiger partial charge on any atom is -0.494 e. The predicted molar refractivity (Wildman–Crippen MR) is 147 cm³/mol. The van der Waals surface area contributed by atoms with Crippen molar-refractivity contribution in [1.82, 2.24) is 10.2 Å². The number of ether oxygens (including phenoxy) is 1. The summed E-state index contributed by atoms with van der Waals surface area (Å²) in [5, 5.41) is 14.1. The van der Waals surface area contributed by atoms with Gasteiger partial charge >= 0.3 is 12.2 Å². The van der Waals surface area contributed by atoms with Crippen LogP contribution in [-0.4, -0.2) is 68.3 Å². The molecule has 0 spiro atoms. The molecule has 0 radical (unpaired) electrons. The lowest BCUT2D eigenvalue weighted by molar-refractivity contribution is -0.388. The summed E-state index contributed by atoms with van der Waals surface area (Å²) in [7, 11) is 1.68. The second kappa shape index (κ2) is 12.6. The van der Waals surface area contributed by atoms with Crippen LogP contribution in [0.3, 0.4) is 0 Å². The van der Waals surface area contributed by atoms with E-state index in [1.807, 2.05) is 19.1 Å². The van der Waals surface area contributed by atoms with Crippen molar-refractivity contribution in [2.45, 2.75) is 44.8 Å². The SMILES string of the molecule is CCOc1ccc(N2CCC(CNC(=O)N3CCC(N(C)c4ccc([N+](=O)[O-])c(C(F)(F)F)c4)CC3)CC2)cc1. The Kier molecular flexibility index (Phi) is 9.26. The monoisotopic (exact) mass is 563 g/mol. The fourth-order valence-corrected chi connectivity index (χ4v) is 5.46. The maximum absolute atomic E-state index is 13.4. The van der Waals surface area contributed by atoms with Crippen LogP contribution in [0.25, 0.3) is 0 Å². The summed E-state index contributed by atoms with van der Waals surface area (Å²) in [5.41, 5.74) is -0.790. The number of piperidine rings is 2. The highest BCUT2D eigenvalue weighted by Crippen LogP contribution is 2.39. The highest BCUT2D eigenvalue weighted by atomic mass is 19.4. The molecule has 2 aromatic carbocycles. The fourth-order valence-electron chi connectivity index (χ4n) is 5.46. The topological polar surface area (TPSA) is 91.2 Å². The van der Waals surface area contributed by atoms with Gasteiger partial charge in [0, 0.05) is 63.3 Å². The van der Waals surface area contributed by atoms with Crippen molar-refractivity contribution >= 4 is 23.1 Å². The number of urea groups is 1. The number of amides is 2. The predicted octanol–water partition coefficient (Wildman–Crippen LogP) is 5.54. The van der Waals surface area contributed by atoms with Gasteiger partial charge in [0.15, 0.2) is 0 Å². The number of nitro benzene ring substituents is 1. The van der Waals surface area contributed by atoms with Gasteiger partial charge in [-0.1, -0.05) is 0 Å². The molecule has 2 aromatic rings. The molecule has 2 aliphatic rings. The van der Waals surface area contributed by atoms with Gasteiger partial charge in [0.2, 0.25) is 0 Å². The first kappa shape index (κ1) is 29.3. The van der Waals surface area contributed by atoms with Gasteiger partial charge in [-0.25, -0.2) is 4.79 Å². The van der Waals surface area contributed by atoms with Crippen molar-refractivity contribution in [2.75, 3.05) is 56.2 Å². The Bertz CT molecular complexity index is 1160. The Morgan fingerprint density at radius 2 is 1.73 bits per heavy atom. The minimum atomic E-state index is -4.83. The number of benzene rings is 2. The van der Waals surface area contributed by atoms with E-state index in [9.17, 15) is 28.1 Å². The third-order valence-corrected chi connectivity index (χ3v) is 7.86. The number of hydrogen-bond donors (Lipinski definition) is 1. The molecule has 0 unspecified atom stereocenters. The summed E-state index contributed by atoms with van der Waals surface area (Å²) < 4.78 is 45.7. The lowest BCUT2D eigenvalue weighted by Gasteiger charge is -2.38. The third kappa shape index (κ3) is 7.08. The summed E-state index contributed by atoms with van der Waals surface area (Å²) in [4.78, 5) is 28.6. The van der Waals surface area contributed by atoms with E-state index in [1.165, 1.54) is 11.8 Å². The molecule has 0 saturated carbocycles. The summed E-state index contributed by atoms with van der Waals surface area (Å²) in [5.74, 6) is 1.26. The van der Waals surface area contributed by atoms with Crippen LogP contribution in [0, 0.1) is 16.0 Å². The molecule has 0 bridgehead atoms. The number of carbonyl (C=O) groups excluding carboxylic acids is 1. The van der Waals surface area contributed by atoms with Gasteiger partial charge in [-0.3, -0.25) is 10.1 Å². The lowest BCUT2D eigenvalue weighted by Crippen LogP contribution is -2.50. The molecule has 0 atom stereocenters. The zero-order chi connectivity index (χ0) is 28.9. The Labute approximate surface area is 232 Å². The zero-order valence-electron chi connectivity index (χ0n) is 22.8. The van der Waals surface area contributed by atoms with Gasteiger partial charge < -0.3 is 24.8 Å². The van der Waals surface area contributed by atoms with E-state index in [-0.39, 0.29) is 17.8 Å². The average Bonchev–Trinajstić information content (AvgIpc) is 2.95. The average molecular weight is 564 g/mol. The Balaban J connectivity index is 1.22. The van der Waals surface area contributed by atoms with Crippen LogP contribution in [-0.2, 0) is 6.18 Å².